The molecule has 0 N–H and O–H groups in total. The van der Waals surface area contributed by atoms with E-state index in [2.05, 4.69) is 236 Å². The van der Waals surface area contributed by atoms with Gasteiger partial charge in [-0.15, -0.1) is 0 Å². The predicted octanol–water partition coefficient (Wildman–Crippen LogP) is 16.7. The molecule has 0 bridgehead atoms. The summed E-state index contributed by atoms with van der Waals surface area (Å²) in [6, 6.07) is 61.7. The second-order valence-corrected chi connectivity index (χ2v) is 19.9. The van der Waals surface area contributed by atoms with Crippen LogP contribution >= 0.6 is 0 Å². The van der Waals surface area contributed by atoms with E-state index in [0.29, 0.717) is 0 Å². The number of nitrogens with zero attached hydrogens (tertiary/aromatic N) is 2. The van der Waals surface area contributed by atoms with Crippen LogP contribution < -0.4 is 4.90 Å². The highest BCUT2D eigenvalue weighted by Gasteiger charge is 2.25. The molecular weight excluding hydrogens is 725 g/mol. The number of aromatic nitrogens is 1. The van der Waals surface area contributed by atoms with Crippen molar-refractivity contribution in [3.63, 3.8) is 0 Å². The van der Waals surface area contributed by atoms with Crippen LogP contribution in [0.5, 0.6) is 0 Å². The molecule has 60 heavy (non-hydrogen) atoms. The maximum atomic E-state index is 2.52. The Morgan fingerprint density at radius 1 is 0.400 bits per heavy atom. The van der Waals surface area contributed by atoms with Crippen molar-refractivity contribution in [2.75, 3.05) is 4.90 Å². The third kappa shape index (κ3) is 6.15. The van der Waals surface area contributed by atoms with E-state index < -0.39 is 0 Å². The monoisotopic (exact) mass is 778 g/mol. The molecule has 10 aromatic rings. The molecule has 0 aliphatic carbocycles. The van der Waals surface area contributed by atoms with E-state index in [9.17, 15) is 0 Å². The Bertz CT molecular complexity index is 3160. The van der Waals surface area contributed by atoms with E-state index >= 15 is 0 Å². The molecule has 0 radical (unpaired) electrons. The highest BCUT2D eigenvalue weighted by atomic mass is 15.1. The van der Waals surface area contributed by atoms with Crippen LogP contribution in [0.3, 0.4) is 0 Å². The highest BCUT2D eigenvalue weighted by molar-refractivity contribution is 6.27. The van der Waals surface area contributed by atoms with E-state index in [-0.39, 0.29) is 16.2 Å². The summed E-state index contributed by atoms with van der Waals surface area (Å²) in [5, 5.41) is 10.2. The molecule has 1 heterocycles. The first-order valence-corrected chi connectivity index (χ1v) is 21.5. The van der Waals surface area contributed by atoms with Gasteiger partial charge in [-0.1, -0.05) is 165 Å². The Balaban J connectivity index is 1.24. The van der Waals surface area contributed by atoms with Gasteiger partial charge in [-0.3, -0.25) is 0 Å². The van der Waals surface area contributed by atoms with Crippen molar-refractivity contribution in [2.45, 2.75) is 78.6 Å². The quantitative estimate of drug-likeness (QED) is 0.158. The van der Waals surface area contributed by atoms with Crippen LogP contribution in [0.2, 0.25) is 0 Å². The van der Waals surface area contributed by atoms with E-state index in [0.717, 1.165) is 17.1 Å². The van der Waals surface area contributed by atoms with Crippen LogP contribution in [0.1, 0.15) is 79.0 Å². The van der Waals surface area contributed by atoms with Gasteiger partial charge >= 0.3 is 0 Å². The number of hydrogen-bond donors (Lipinski definition) is 0. The van der Waals surface area contributed by atoms with E-state index in [1.165, 1.54) is 87.6 Å². The normalized spacial score (nSPS) is 12.8. The number of anilines is 3. The third-order valence-electron chi connectivity index (χ3n) is 12.8. The van der Waals surface area contributed by atoms with Gasteiger partial charge in [0, 0.05) is 32.9 Å². The summed E-state index contributed by atoms with van der Waals surface area (Å²) >= 11 is 0. The molecule has 0 aliphatic rings. The van der Waals surface area contributed by atoms with Crippen molar-refractivity contribution in [1.82, 2.24) is 4.57 Å². The summed E-state index contributed by atoms with van der Waals surface area (Å²) in [5.74, 6) is 0. The van der Waals surface area contributed by atoms with Gasteiger partial charge in [0.25, 0.3) is 0 Å². The SMILES string of the molecule is CC(C)(C)c1ccc2c(c1)c1cc(C(C)(C)C)ccc1n2-c1ccc2ccc3c(N(c4ccccc4)c4ccc(C(C)(C)C)c(-c5ccccc5)c4)ccc4ccc1c2c43. The van der Waals surface area contributed by atoms with Crippen molar-refractivity contribution >= 4 is 71.2 Å². The Kier molecular flexibility index (Phi) is 8.57. The molecule has 0 fully saturated rings. The van der Waals surface area contributed by atoms with Gasteiger partial charge in [-0.25, -0.2) is 0 Å². The molecule has 0 saturated heterocycles. The average Bonchev–Trinajstić information content (AvgIpc) is 3.56. The van der Waals surface area contributed by atoms with Gasteiger partial charge in [-0.05, 0) is 126 Å². The lowest BCUT2D eigenvalue weighted by Gasteiger charge is -2.30. The molecule has 0 amide bonds. The van der Waals surface area contributed by atoms with Gasteiger partial charge < -0.3 is 9.47 Å². The van der Waals surface area contributed by atoms with Crippen LogP contribution in [0.25, 0.3) is 70.9 Å². The fourth-order valence-electron chi connectivity index (χ4n) is 9.56. The zero-order chi connectivity index (χ0) is 41.7. The fourth-order valence-corrected chi connectivity index (χ4v) is 9.56. The summed E-state index contributed by atoms with van der Waals surface area (Å²) in [6.45, 7) is 20.8. The smallest absolute Gasteiger partial charge is 0.0541 e. The van der Waals surface area contributed by atoms with E-state index in [1.54, 1.807) is 0 Å². The van der Waals surface area contributed by atoms with Crippen molar-refractivity contribution in [3.05, 3.63) is 180 Å². The van der Waals surface area contributed by atoms with E-state index in [4.69, 9.17) is 0 Å². The zero-order valence-electron chi connectivity index (χ0n) is 36.5. The lowest BCUT2D eigenvalue weighted by Crippen LogP contribution is -2.15. The maximum Gasteiger partial charge on any atom is 0.0541 e. The highest BCUT2D eigenvalue weighted by Crippen LogP contribution is 2.47. The molecule has 0 atom stereocenters. The maximum absolute atomic E-state index is 2.52. The van der Waals surface area contributed by atoms with Crippen LogP contribution in [-0.2, 0) is 16.2 Å². The Morgan fingerprint density at radius 2 is 0.933 bits per heavy atom. The van der Waals surface area contributed by atoms with E-state index in [1.807, 2.05) is 0 Å². The minimum Gasteiger partial charge on any atom is -0.310 e. The standard InChI is InChI=1S/C58H54N2/c1-56(2,3)40-24-32-52-47(34-40)48-35-41(57(4,5)6)25-33-53(48)60(52)51-31-23-39-20-27-44-50(30-22-38-21-28-45(51)55(39)54(38)44)59(42-18-14-11-15-19-42)43-26-29-49(58(7,8)9)46(36-43)37-16-12-10-13-17-37/h10-36H,1-9H3. The Morgan fingerprint density at radius 3 is 1.52 bits per heavy atom. The van der Waals surface area contributed by atoms with Crippen LogP contribution in [0.4, 0.5) is 17.1 Å². The summed E-state index contributed by atoms with van der Waals surface area (Å²) in [6.07, 6.45) is 0. The number of hydrogen-bond acceptors (Lipinski definition) is 1. The Labute approximate surface area is 355 Å². The lowest BCUT2D eigenvalue weighted by molar-refractivity contribution is 0.590. The van der Waals surface area contributed by atoms with Crippen molar-refractivity contribution in [3.8, 4) is 16.8 Å². The molecule has 10 rings (SSSR count). The molecule has 0 aliphatic heterocycles. The van der Waals surface area contributed by atoms with Crippen molar-refractivity contribution in [2.24, 2.45) is 0 Å². The molecule has 2 nitrogen and oxygen atoms in total. The summed E-state index contributed by atoms with van der Waals surface area (Å²) in [4.78, 5) is 2.46. The van der Waals surface area contributed by atoms with Gasteiger partial charge in [0.15, 0.2) is 0 Å². The molecule has 296 valence electrons. The zero-order valence-corrected chi connectivity index (χ0v) is 36.5. The number of rotatable bonds is 5. The topological polar surface area (TPSA) is 8.17 Å². The first-order valence-electron chi connectivity index (χ1n) is 21.5. The Hall–Kier alpha value is -6.38. The van der Waals surface area contributed by atoms with Crippen molar-refractivity contribution in [1.29, 1.82) is 0 Å². The number of benzene rings is 9. The molecule has 0 spiro atoms. The third-order valence-corrected chi connectivity index (χ3v) is 12.8. The molecule has 2 heteroatoms. The molecule has 0 saturated carbocycles. The number of para-hydroxylation sites is 1. The van der Waals surface area contributed by atoms with Gasteiger partial charge in [-0.2, -0.15) is 0 Å². The van der Waals surface area contributed by atoms with Gasteiger partial charge in [0.2, 0.25) is 0 Å². The summed E-state index contributed by atoms with van der Waals surface area (Å²) in [7, 11) is 0. The van der Waals surface area contributed by atoms with Crippen LogP contribution in [0.15, 0.2) is 164 Å². The minimum atomic E-state index is -0.0217. The van der Waals surface area contributed by atoms with Crippen LogP contribution in [-0.4, -0.2) is 4.57 Å². The lowest BCUT2D eigenvalue weighted by atomic mass is 9.81. The average molecular weight is 779 g/mol. The van der Waals surface area contributed by atoms with Crippen LogP contribution in [0, 0.1) is 0 Å². The van der Waals surface area contributed by atoms with Crippen molar-refractivity contribution < 1.29 is 0 Å². The van der Waals surface area contributed by atoms with Gasteiger partial charge in [0.05, 0.1) is 22.4 Å². The molecule has 0 unspecified atom stereocenters. The summed E-state index contributed by atoms with van der Waals surface area (Å²) < 4.78 is 2.52. The predicted molar refractivity (Wildman–Crippen MR) is 261 cm³/mol. The second kappa shape index (κ2) is 13.6. The molecule has 1 aromatic heterocycles. The second-order valence-electron chi connectivity index (χ2n) is 19.9. The minimum absolute atomic E-state index is 0.0217. The largest absolute Gasteiger partial charge is 0.310 e. The summed E-state index contributed by atoms with van der Waals surface area (Å²) in [5.41, 5.74) is 13.7. The molecular formula is C58H54N2. The van der Waals surface area contributed by atoms with Gasteiger partial charge in [0.1, 0.15) is 0 Å². The fraction of sp³-hybridized carbons (Fsp3) is 0.207. The molecule has 9 aromatic carbocycles. The number of fused-ring (bicyclic) bond motifs is 3. The first-order chi connectivity index (χ1) is 28.7. The first kappa shape index (κ1) is 37.9.